The summed E-state index contributed by atoms with van der Waals surface area (Å²) in [5.74, 6) is 0.420. The molecule has 1 N–H and O–H groups in total. The first kappa shape index (κ1) is 22.3. The third-order valence-electron chi connectivity index (χ3n) is 5.37. The second-order valence-electron chi connectivity index (χ2n) is 7.62. The molecule has 0 aliphatic carbocycles. The highest BCUT2D eigenvalue weighted by atomic mass is 32.2. The van der Waals surface area contributed by atoms with Crippen LogP contribution in [-0.4, -0.2) is 70.5 Å². The van der Waals surface area contributed by atoms with E-state index in [1.54, 1.807) is 31.1 Å². The molecule has 1 saturated heterocycles. The lowest BCUT2D eigenvalue weighted by Crippen LogP contribution is -2.54. The molecule has 0 aromatic heterocycles. The van der Waals surface area contributed by atoms with Gasteiger partial charge in [0, 0.05) is 26.2 Å². The molecule has 3 rings (SSSR count). The Morgan fingerprint density at radius 3 is 2.37 bits per heavy atom. The topological polar surface area (TPSA) is 78.9 Å². The van der Waals surface area contributed by atoms with Crippen molar-refractivity contribution in [3.8, 4) is 5.75 Å². The number of hydrogen-bond donors (Lipinski definition) is 1. The molecular weight excluding hydrogens is 402 g/mol. The smallest absolute Gasteiger partial charge is 0.241 e. The molecule has 1 heterocycles. The van der Waals surface area contributed by atoms with E-state index >= 15 is 0 Å². The minimum absolute atomic E-state index is 0.116. The zero-order valence-electron chi connectivity index (χ0n) is 17.7. The molecule has 7 nitrogen and oxygen atoms in total. The van der Waals surface area contributed by atoms with E-state index in [0.717, 1.165) is 18.7 Å². The Labute approximate surface area is 178 Å². The largest absolute Gasteiger partial charge is 0.496 e. The molecule has 0 radical (unpaired) electrons. The lowest BCUT2D eigenvalue weighted by atomic mass is 10.1. The predicted octanol–water partition coefficient (Wildman–Crippen LogP) is 1.67. The number of methoxy groups -OCH3 is 1. The highest BCUT2D eigenvalue weighted by Crippen LogP contribution is 2.22. The Morgan fingerprint density at radius 2 is 1.77 bits per heavy atom. The van der Waals surface area contributed by atoms with Crippen molar-refractivity contribution in [1.82, 2.24) is 14.5 Å². The van der Waals surface area contributed by atoms with Gasteiger partial charge in [0.1, 0.15) is 11.8 Å². The second-order valence-corrected chi connectivity index (χ2v) is 9.34. The van der Waals surface area contributed by atoms with Crippen LogP contribution in [0.3, 0.4) is 0 Å². The van der Waals surface area contributed by atoms with Crippen LogP contribution in [0.5, 0.6) is 5.75 Å². The molecule has 1 aliphatic rings. The molecule has 8 heteroatoms. The Kier molecular flexibility index (Phi) is 7.12. The number of nitrogens with one attached hydrogen (secondary N) is 1. The Hall–Kier alpha value is -2.42. The first-order valence-electron chi connectivity index (χ1n) is 9.98. The summed E-state index contributed by atoms with van der Waals surface area (Å²) in [5.41, 5.74) is 1.61. The number of rotatable bonds is 7. The highest BCUT2D eigenvalue weighted by molar-refractivity contribution is 7.89. The molecule has 1 amide bonds. The van der Waals surface area contributed by atoms with Gasteiger partial charge in [0.05, 0.1) is 12.0 Å². The maximum absolute atomic E-state index is 13.2. The number of carbonyl (C=O) groups excluding carboxylic acids is 1. The van der Waals surface area contributed by atoms with Crippen molar-refractivity contribution >= 4 is 15.9 Å². The van der Waals surface area contributed by atoms with Crippen LogP contribution in [0, 0.1) is 6.92 Å². The predicted molar refractivity (Wildman–Crippen MR) is 116 cm³/mol. The average molecular weight is 432 g/mol. The first-order chi connectivity index (χ1) is 14.3. The fraction of sp³-hybridized carbons (Fsp3) is 0.409. The van der Waals surface area contributed by atoms with E-state index in [2.05, 4.69) is 9.62 Å². The lowest BCUT2D eigenvalue weighted by molar-refractivity contribution is -0.134. The van der Waals surface area contributed by atoms with E-state index in [4.69, 9.17) is 4.74 Å². The molecule has 0 saturated carbocycles. The van der Waals surface area contributed by atoms with Gasteiger partial charge in [0.15, 0.2) is 0 Å². The number of nitrogens with zero attached hydrogens (tertiary/aromatic N) is 2. The number of sulfonamides is 1. The van der Waals surface area contributed by atoms with Crippen molar-refractivity contribution in [2.75, 3.05) is 40.3 Å². The minimum Gasteiger partial charge on any atom is -0.496 e. The molecule has 0 unspecified atom stereocenters. The molecule has 0 bridgehead atoms. The Bertz CT molecular complexity index is 971. The average Bonchev–Trinajstić information content (AvgIpc) is 2.74. The number of benzene rings is 2. The van der Waals surface area contributed by atoms with Crippen LogP contribution in [0.1, 0.15) is 11.1 Å². The van der Waals surface area contributed by atoms with E-state index in [-0.39, 0.29) is 10.8 Å². The van der Waals surface area contributed by atoms with Crippen LogP contribution in [-0.2, 0) is 21.2 Å². The normalized spacial score (nSPS) is 16.3. The summed E-state index contributed by atoms with van der Waals surface area (Å²) < 4.78 is 34.1. The number of hydrogen-bond acceptors (Lipinski definition) is 5. The Morgan fingerprint density at radius 1 is 1.10 bits per heavy atom. The van der Waals surface area contributed by atoms with Gasteiger partial charge in [-0.05, 0) is 49.7 Å². The van der Waals surface area contributed by atoms with Crippen LogP contribution in [0.25, 0.3) is 0 Å². The van der Waals surface area contributed by atoms with E-state index in [0.29, 0.717) is 30.8 Å². The van der Waals surface area contributed by atoms with Gasteiger partial charge in [-0.25, -0.2) is 8.42 Å². The quantitative estimate of drug-likeness (QED) is 0.722. The molecule has 30 heavy (non-hydrogen) atoms. The standard InChI is InChI=1S/C22H29N3O4S/c1-17-15-19(9-10-21(17)29-3)30(27,28)23-20(16-18-7-5-4-6-8-18)22(26)25-13-11-24(2)12-14-25/h4-10,15,20,23H,11-14,16H2,1-3H3/t20-/m0/s1. The number of carbonyl (C=O) groups is 1. The van der Waals surface area contributed by atoms with Gasteiger partial charge < -0.3 is 14.5 Å². The molecule has 2 aromatic carbocycles. The fourth-order valence-electron chi connectivity index (χ4n) is 3.55. The van der Waals surface area contributed by atoms with Crippen molar-refractivity contribution in [2.45, 2.75) is 24.3 Å². The van der Waals surface area contributed by atoms with Crippen molar-refractivity contribution in [3.05, 3.63) is 59.7 Å². The van der Waals surface area contributed by atoms with Gasteiger partial charge in [-0.3, -0.25) is 4.79 Å². The molecule has 1 fully saturated rings. The van der Waals surface area contributed by atoms with Gasteiger partial charge >= 0.3 is 0 Å². The molecule has 2 aromatic rings. The summed E-state index contributed by atoms with van der Waals surface area (Å²) in [6.45, 7) is 4.51. The number of piperazine rings is 1. The summed E-state index contributed by atoms with van der Waals surface area (Å²) in [5, 5.41) is 0. The monoisotopic (exact) mass is 431 g/mol. The SMILES string of the molecule is COc1ccc(S(=O)(=O)N[C@@H](Cc2ccccc2)C(=O)N2CCN(C)CC2)cc1C. The zero-order valence-corrected chi connectivity index (χ0v) is 18.5. The molecule has 0 spiro atoms. The fourth-order valence-corrected chi connectivity index (χ4v) is 4.82. The van der Waals surface area contributed by atoms with Gasteiger partial charge in [-0.15, -0.1) is 0 Å². The van der Waals surface area contributed by atoms with Gasteiger partial charge in [0.25, 0.3) is 0 Å². The summed E-state index contributed by atoms with van der Waals surface area (Å²) in [4.78, 5) is 17.3. The molecule has 162 valence electrons. The number of likely N-dealkylation sites (N-methyl/N-ethyl adjacent to an activating group) is 1. The summed E-state index contributed by atoms with van der Waals surface area (Å²) >= 11 is 0. The van der Waals surface area contributed by atoms with Crippen LogP contribution >= 0.6 is 0 Å². The van der Waals surface area contributed by atoms with E-state index in [1.165, 1.54) is 6.07 Å². The molecule has 1 atom stereocenters. The maximum Gasteiger partial charge on any atom is 0.241 e. The van der Waals surface area contributed by atoms with Crippen molar-refractivity contribution in [3.63, 3.8) is 0 Å². The third-order valence-corrected chi connectivity index (χ3v) is 6.84. The molecular formula is C22H29N3O4S. The summed E-state index contributed by atoms with van der Waals surface area (Å²) in [6, 6.07) is 13.3. The van der Waals surface area contributed by atoms with Crippen molar-refractivity contribution in [1.29, 1.82) is 0 Å². The first-order valence-corrected chi connectivity index (χ1v) is 11.5. The van der Waals surface area contributed by atoms with E-state index < -0.39 is 16.1 Å². The van der Waals surface area contributed by atoms with Gasteiger partial charge in [-0.1, -0.05) is 30.3 Å². The van der Waals surface area contributed by atoms with Crippen LogP contribution < -0.4 is 9.46 Å². The highest BCUT2D eigenvalue weighted by Gasteiger charge is 2.31. The van der Waals surface area contributed by atoms with Crippen molar-refractivity contribution in [2.24, 2.45) is 0 Å². The van der Waals surface area contributed by atoms with Crippen molar-refractivity contribution < 1.29 is 17.9 Å². The van der Waals surface area contributed by atoms with Crippen LogP contribution in [0.2, 0.25) is 0 Å². The van der Waals surface area contributed by atoms with Crippen LogP contribution in [0.4, 0.5) is 0 Å². The second kappa shape index (κ2) is 9.59. The number of amides is 1. The van der Waals surface area contributed by atoms with E-state index in [1.807, 2.05) is 37.4 Å². The third kappa shape index (κ3) is 5.38. The van der Waals surface area contributed by atoms with E-state index in [9.17, 15) is 13.2 Å². The summed E-state index contributed by atoms with van der Waals surface area (Å²) in [6.07, 6.45) is 0.292. The molecule has 1 aliphatic heterocycles. The van der Waals surface area contributed by atoms with Gasteiger partial charge in [0.2, 0.25) is 15.9 Å². The number of ether oxygens (including phenoxy) is 1. The lowest BCUT2D eigenvalue weighted by Gasteiger charge is -2.34. The minimum atomic E-state index is -3.89. The number of aryl methyl sites for hydroxylation is 1. The Balaban J connectivity index is 1.85. The maximum atomic E-state index is 13.2. The van der Waals surface area contributed by atoms with Gasteiger partial charge in [-0.2, -0.15) is 4.72 Å². The zero-order chi connectivity index (χ0) is 21.7. The summed E-state index contributed by atoms with van der Waals surface area (Å²) in [7, 11) is -0.332. The van der Waals surface area contributed by atoms with Crippen LogP contribution in [0.15, 0.2) is 53.4 Å².